The number of anilines is 1. The summed E-state index contributed by atoms with van der Waals surface area (Å²) in [6, 6.07) is 6.88. The first-order valence-corrected chi connectivity index (χ1v) is 10.1. The van der Waals surface area contributed by atoms with Gasteiger partial charge in [-0.15, -0.1) is 0 Å². The van der Waals surface area contributed by atoms with E-state index in [0.29, 0.717) is 11.7 Å². The van der Waals surface area contributed by atoms with Gasteiger partial charge in [0, 0.05) is 22.9 Å². The number of aromatic nitrogens is 1. The number of carbonyl (C=O) groups excluding carboxylic acids is 3. The Labute approximate surface area is 171 Å². The molecule has 4 rings (SSSR count). The Kier molecular flexibility index (Phi) is 4.93. The molecule has 1 aromatic carbocycles. The van der Waals surface area contributed by atoms with Crippen LogP contribution >= 0.6 is 15.9 Å². The van der Waals surface area contributed by atoms with Crippen LogP contribution in [0, 0.1) is 6.92 Å². The molecule has 0 atom stereocenters. The lowest BCUT2D eigenvalue weighted by atomic mass is 10.1. The van der Waals surface area contributed by atoms with Gasteiger partial charge in [-0.1, -0.05) is 28.8 Å². The normalized spacial score (nSPS) is 19.6. The van der Waals surface area contributed by atoms with Crippen LogP contribution in [0.25, 0.3) is 6.08 Å². The minimum atomic E-state index is -0.735. The van der Waals surface area contributed by atoms with Crippen molar-refractivity contribution in [3.63, 3.8) is 0 Å². The second-order valence-corrected chi connectivity index (χ2v) is 8.13. The van der Waals surface area contributed by atoms with Gasteiger partial charge in [-0.2, -0.15) is 0 Å². The summed E-state index contributed by atoms with van der Waals surface area (Å²) in [6.45, 7) is 1.81. The Bertz CT molecular complexity index is 1000. The summed E-state index contributed by atoms with van der Waals surface area (Å²) in [6.07, 6.45) is 10.2. The smallest absolute Gasteiger partial charge is 0.335 e. The number of urea groups is 1. The van der Waals surface area contributed by atoms with E-state index >= 15 is 0 Å². The van der Waals surface area contributed by atoms with E-state index in [1.807, 2.05) is 31.5 Å². The van der Waals surface area contributed by atoms with Gasteiger partial charge in [-0.25, -0.2) is 9.69 Å². The molecule has 1 aromatic heterocycles. The van der Waals surface area contributed by atoms with Crippen molar-refractivity contribution >= 4 is 45.5 Å². The maximum absolute atomic E-state index is 13.0. The standard InChI is InChI=1S/C21H20BrN3O3/c1-13-10-15(22)6-7-18(13)25-20(27)17(19(26)23-21(25)28)11-14-8-9-24(12-14)16-4-2-3-5-16/h6-12,16H,2-5H2,1H3,(H,23,26,28)/b17-11-. The van der Waals surface area contributed by atoms with Gasteiger partial charge in [0.2, 0.25) is 0 Å². The first kappa shape index (κ1) is 18.7. The van der Waals surface area contributed by atoms with Crippen molar-refractivity contribution in [2.24, 2.45) is 0 Å². The summed E-state index contributed by atoms with van der Waals surface area (Å²) in [5, 5.41) is 2.27. The molecule has 2 aromatic rings. The minimum absolute atomic E-state index is 0.0499. The first-order chi connectivity index (χ1) is 13.4. The molecule has 1 aliphatic carbocycles. The van der Waals surface area contributed by atoms with E-state index in [9.17, 15) is 14.4 Å². The molecule has 1 saturated heterocycles. The van der Waals surface area contributed by atoms with E-state index in [1.54, 1.807) is 18.2 Å². The van der Waals surface area contributed by atoms with Crippen LogP contribution in [-0.2, 0) is 9.59 Å². The summed E-state index contributed by atoms with van der Waals surface area (Å²) >= 11 is 3.37. The van der Waals surface area contributed by atoms with Gasteiger partial charge in [0.05, 0.1) is 5.69 Å². The molecule has 0 bridgehead atoms. The summed E-state index contributed by atoms with van der Waals surface area (Å²) < 4.78 is 2.99. The Morgan fingerprint density at radius 3 is 2.61 bits per heavy atom. The second kappa shape index (κ2) is 7.39. The highest BCUT2D eigenvalue weighted by Crippen LogP contribution is 2.31. The first-order valence-electron chi connectivity index (χ1n) is 9.29. The number of carbonyl (C=O) groups is 3. The maximum Gasteiger partial charge on any atom is 0.335 e. The minimum Gasteiger partial charge on any atom is -0.351 e. The molecule has 1 aliphatic heterocycles. The second-order valence-electron chi connectivity index (χ2n) is 7.22. The molecule has 2 heterocycles. The zero-order valence-electron chi connectivity index (χ0n) is 15.4. The van der Waals surface area contributed by atoms with Crippen molar-refractivity contribution in [1.29, 1.82) is 0 Å². The molecule has 7 heteroatoms. The topological polar surface area (TPSA) is 71.4 Å². The molecule has 0 unspecified atom stereocenters. The van der Waals surface area contributed by atoms with Crippen LogP contribution in [0.3, 0.4) is 0 Å². The molecule has 1 saturated carbocycles. The largest absolute Gasteiger partial charge is 0.351 e. The van der Waals surface area contributed by atoms with Crippen LogP contribution in [0.15, 0.2) is 46.7 Å². The Hall–Kier alpha value is -2.67. The number of nitrogens with one attached hydrogen (secondary N) is 1. The van der Waals surface area contributed by atoms with E-state index in [0.717, 1.165) is 33.3 Å². The average Bonchev–Trinajstić information content (AvgIpc) is 3.31. The average molecular weight is 442 g/mol. The third-order valence-electron chi connectivity index (χ3n) is 5.30. The highest BCUT2D eigenvalue weighted by atomic mass is 79.9. The number of barbiturate groups is 1. The third-order valence-corrected chi connectivity index (χ3v) is 5.79. The molecule has 1 N–H and O–H groups in total. The van der Waals surface area contributed by atoms with E-state index in [2.05, 4.69) is 25.8 Å². The van der Waals surface area contributed by atoms with Crippen molar-refractivity contribution < 1.29 is 14.4 Å². The number of aryl methyl sites for hydroxylation is 1. The van der Waals surface area contributed by atoms with Crippen molar-refractivity contribution in [3.05, 3.63) is 57.8 Å². The van der Waals surface area contributed by atoms with Crippen molar-refractivity contribution in [2.45, 2.75) is 38.6 Å². The van der Waals surface area contributed by atoms with Gasteiger partial charge in [0.15, 0.2) is 0 Å². The van der Waals surface area contributed by atoms with Crippen LogP contribution in [0.1, 0.15) is 42.9 Å². The Morgan fingerprint density at radius 1 is 1.14 bits per heavy atom. The Morgan fingerprint density at radius 2 is 1.89 bits per heavy atom. The number of amides is 4. The third kappa shape index (κ3) is 3.42. The predicted molar refractivity (Wildman–Crippen MR) is 110 cm³/mol. The van der Waals surface area contributed by atoms with Gasteiger partial charge in [0.25, 0.3) is 11.8 Å². The summed E-state index contributed by atoms with van der Waals surface area (Å²) in [7, 11) is 0. The Balaban J connectivity index is 1.66. The van der Waals surface area contributed by atoms with Crippen molar-refractivity contribution in [2.75, 3.05) is 4.90 Å². The molecule has 6 nitrogen and oxygen atoms in total. The van der Waals surface area contributed by atoms with Gasteiger partial charge in [-0.3, -0.25) is 14.9 Å². The number of hydrogen-bond donors (Lipinski definition) is 1. The lowest BCUT2D eigenvalue weighted by molar-refractivity contribution is -0.122. The lowest BCUT2D eigenvalue weighted by Gasteiger charge is -2.27. The molecular formula is C21H20BrN3O3. The van der Waals surface area contributed by atoms with Gasteiger partial charge in [-0.05, 0) is 61.2 Å². The fourth-order valence-corrected chi connectivity index (χ4v) is 4.33. The molecule has 0 radical (unpaired) electrons. The van der Waals surface area contributed by atoms with Crippen LogP contribution in [0.5, 0.6) is 0 Å². The zero-order chi connectivity index (χ0) is 19.8. The molecule has 4 amide bonds. The van der Waals surface area contributed by atoms with Gasteiger partial charge < -0.3 is 4.57 Å². The SMILES string of the molecule is Cc1cc(Br)ccc1N1C(=O)NC(=O)/C(=C/c2ccn(C3CCCC3)c2)C1=O. The highest BCUT2D eigenvalue weighted by molar-refractivity contribution is 9.10. The molecular weight excluding hydrogens is 422 g/mol. The van der Waals surface area contributed by atoms with E-state index in [-0.39, 0.29) is 5.57 Å². The number of halogens is 1. The van der Waals surface area contributed by atoms with Crippen LogP contribution in [-0.4, -0.2) is 22.4 Å². The summed E-state index contributed by atoms with van der Waals surface area (Å²) in [4.78, 5) is 38.7. The van der Waals surface area contributed by atoms with Crippen molar-refractivity contribution in [1.82, 2.24) is 9.88 Å². The summed E-state index contributed by atoms with van der Waals surface area (Å²) in [5.74, 6) is -1.29. The number of hydrogen-bond acceptors (Lipinski definition) is 3. The predicted octanol–water partition coefficient (Wildman–Crippen LogP) is 4.34. The fraction of sp³-hybridized carbons (Fsp3) is 0.286. The number of benzene rings is 1. The van der Waals surface area contributed by atoms with Crippen LogP contribution in [0.4, 0.5) is 10.5 Å². The number of rotatable bonds is 3. The highest BCUT2D eigenvalue weighted by Gasteiger charge is 2.37. The monoisotopic (exact) mass is 441 g/mol. The lowest BCUT2D eigenvalue weighted by Crippen LogP contribution is -2.54. The molecule has 28 heavy (non-hydrogen) atoms. The molecule has 144 valence electrons. The van der Waals surface area contributed by atoms with Gasteiger partial charge in [0.1, 0.15) is 5.57 Å². The van der Waals surface area contributed by atoms with Gasteiger partial charge >= 0.3 is 6.03 Å². The quantitative estimate of drug-likeness (QED) is 0.568. The molecule has 2 fully saturated rings. The molecule has 2 aliphatic rings. The maximum atomic E-state index is 13.0. The summed E-state index contributed by atoms with van der Waals surface area (Å²) in [5.41, 5.74) is 1.92. The van der Waals surface area contributed by atoms with Crippen LogP contribution in [0.2, 0.25) is 0 Å². The van der Waals surface area contributed by atoms with Crippen molar-refractivity contribution in [3.8, 4) is 0 Å². The fourth-order valence-electron chi connectivity index (χ4n) is 3.86. The zero-order valence-corrected chi connectivity index (χ0v) is 17.0. The van der Waals surface area contributed by atoms with E-state index < -0.39 is 17.8 Å². The van der Waals surface area contributed by atoms with E-state index in [4.69, 9.17) is 0 Å². The number of nitrogens with zero attached hydrogens (tertiary/aromatic N) is 2. The number of imide groups is 2. The molecule has 0 spiro atoms. The van der Waals surface area contributed by atoms with E-state index in [1.165, 1.54) is 12.8 Å². The van der Waals surface area contributed by atoms with Crippen LogP contribution < -0.4 is 10.2 Å².